The van der Waals surface area contributed by atoms with Gasteiger partial charge in [-0.05, 0) is 38.8 Å². The maximum Gasteiger partial charge on any atom is 0.327 e. The summed E-state index contributed by atoms with van der Waals surface area (Å²) in [6, 6.07) is 9.73. The van der Waals surface area contributed by atoms with Crippen molar-refractivity contribution >= 4 is 59.1 Å². The molecule has 3 heterocycles. The van der Waals surface area contributed by atoms with Gasteiger partial charge in [-0.1, -0.05) is 60.7 Å². The molecule has 6 unspecified atom stereocenters. The highest BCUT2D eigenvalue weighted by molar-refractivity contribution is 8.02. The highest BCUT2D eigenvalue weighted by Gasteiger charge is 2.64. The number of hydrogen-bond donors (Lipinski definition) is 7. The van der Waals surface area contributed by atoms with E-state index >= 15 is 0 Å². The van der Waals surface area contributed by atoms with Crippen molar-refractivity contribution in [2.24, 2.45) is 5.73 Å². The fourth-order valence-corrected chi connectivity index (χ4v) is 9.34. The predicted octanol–water partition coefficient (Wildman–Crippen LogP) is 0.555. The fraction of sp³-hybridized carbons (Fsp3) is 0.438. The number of benzene rings is 2. The summed E-state index contributed by atoms with van der Waals surface area (Å²) in [4.78, 5) is 79.8. The number of thioether (sulfide) groups is 2. The molecule has 8 N–H and O–H groups in total. The first-order valence-corrected chi connectivity index (χ1v) is 17.0. The van der Waals surface area contributed by atoms with Crippen LogP contribution in [0.25, 0.3) is 0 Å². The van der Waals surface area contributed by atoms with Crippen LogP contribution in [0.5, 0.6) is 0 Å². The Morgan fingerprint density at radius 1 is 0.812 bits per heavy atom. The van der Waals surface area contributed by atoms with Crippen LogP contribution in [0.4, 0.5) is 0 Å². The zero-order valence-electron chi connectivity index (χ0n) is 26.6. The number of aliphatic carboxylic acids is 2. The number of nitrogens with zero attached hydrogens (tertiary/aromatic N) is 1. The summed E-state index contributed by atoms with van der Waals surface area (Å²) < 4.78 is -1.69. The lowest BCUT2D eigenvalue weighted by Gasteiger charge is -2.44. The summed E-state index contributed by atoms with van der Waals surface area (Å²) in [6.45, 7) is 6.84. The van der Waals surface area contributed by atoms with Crippen LogP contribution >= 0.6 is 23.5 Å². The van der Waals surface area contributed by atoms with Crippen molar-refractivity contribution in [2.45, 2.75) is 84.2 Å². The number of carboxylic acids is 2. The summed E-state index contributed by atoms with van der Waals surface area (Å²) in [7, 11) is 0. The minimum atomic E-state index is -1.39. The summed E-state index contributed by atoms with van der Waals surface area (Å²) in [5.41, 5.74) is 7.09. The van der Waals surface area contributed by atoms with Gasteiger partial charge in [0, 0.05) is 9.49 Å². The van der Waals surface area contributed by atoms with E-state index in [0.717, 1.165) is 11.8 Å². The van der Waals surface area contributed by atoms with Gasteiger partial charge in [0.2, 0.25) is 23.6 Å². The van der Waals surface area contributed by atoms with E-state index in [1.54, 1.807) is 88.4 Å². The van der Waals surface area contributed by atoms with E-state index in [9.17, 15) is 39.0 Å². The highest BCUT2D eigenvalue weighted by atomic mass is 32.2. The van der Waals surface area contributed by atoms with Crippen molar-refractivity contribution < 1.29 is 39.0 Å². The second-order valence-electron chi connectivity index (χ2n) is 12.9. The van der Waals surface area contributed by atoms with Gasteiger partial charge in [-0.25, -0.2) is 4.79 Å². The molecule has 3 aliphatic rings. The molecule has 3 aliphatic heterocycles. The first-order valence-electron chi connectivity index (χ1n) is 15.2. The zero-order chi connectivity index (χ0) is 35.1. The molecule has 0 radical (unpaired) electrons. The maximum atomic E-state index is 14.1. The maximum absolute atomic E-state index is 14.1. The Kier molecular flexibility index (Phi) is 9.83. The van der Waals surface area contributed by atoms with Gasteiger partial charge in [0.1, 0.15) is 41.6 Å². The molecular formula is C32H38N6O8S2. The third-order valence-electron chi connectivity index (χ3n) is 8.68. The van der Waals surface area contributed by atoms with Crippen LogP contribution in [0.1, 0.15) is 50.9 Å². The van der Waals surface area contributed by atoms with Crippen molar-refractivity contribution in [2.75, 3.05) is 0 Å². The Labute approximate surface area is 285 Å². The number of nitrogens with two attached hydrogens (primary N) is 1. The first-order chi connectivity index (χ1) is 22.5. The van der Waals surface area contributed by atoms with Crippen LogP contribution in [0.2, 0.25) is 0 Å². The molecule has 4 amide bonds. The van der Waals surface area contributed by atoms with Crippen LogP contribution in [0.3, 0.4) is 0 Å². The number of carbonyl (C=O) groups is 6. The third kappa shape index (κ3) is 6.74. The van der Waals surface area contributed by atoms with E-state index in [1.165, 1.54) is 16.7 Å². The summed E-state index contributed by atoms with van der Waals surface area (Å²) >= 11 is 2.41. The second kappa shape index (κ2) is 13.4. The van der Waals surface area contributed by atoms with E-state index in [0.29, 0.717) is 11.1 Å². The van der Waals surface area contributed by atoms with Crippen LogP contribution in [-0.2, 0) is 28.8 Å². The van der Waals surface area contributed by atoms with Gasteiger partial charge in [0.05, 0.1) is 5.37 Å². The molecule has 14 nitrogen and oxygen atoms in total. The average molecular weight is 699 g/mol. The molecule has 2 aromatic carbocycles. The van der Waals surface area contributed by atoms with E-state index in [4.69, 9.17) is 5.73 Å². The predicted molar refractivity (Wildman–Crippen MR) is 178 cm³/mol. The molecule has 16 heteroatoms. The fourth-order valence-electron chi connectivity index (χ4n) is 6.22. The minimum Gasteiger partial charge on any atom is -0.480 e. The molecule has 0 saturated carbocycles. The van der Waals surface area contributed by atoms with Gasteiger partial charge in [-0.15, -0.1) is 23.5 Å². The molecule has 256 valence electrons. The number of hydrogen-bond acceptors (Lipinski definition) is 10. The number of carboxylic acid groups (broad SMARTS) is 2. The topological polar surface area (TPSA) is 220 Å². The van der Waals surface area contributed by atoms with Gasteiger partial charge in [-0.2, -0.15) is 0 Å². The molecule has 5 rings (SSSR count). The zero-order valence-corrected chi connectivity index (χ0v) is 28.2. The Morgan fingerprint density at radius 3 is 1.94 bits per heavy atom. The molecule has 8 atom stereocenters. The Hall–Kier alpha value is -4.12. The molecule has 3 saturated heterocycles. The first kappa shape index (κ1) is 35.2. The molecule has 2 aromatic rings. The third-order valence-corrected chi connectivity index (χ3v) is 11.8. The van der Waals surface area contributed by atoms with Crippen LogP contribution < -0.4 is 27.0 Å². The summed E-state index contributed by atoms with van der Waals surface area (Å²) in [5, 5.41) is 29.1. The Bertz CT molecular complexity index is 1610. The number of amides is 4. The van der Waals surface area contributed by atoms with Crippen molar-refractivity contribution in [3.05, 3.63) is 71.8 Å². The standard InChI is InChI=1S/C32H38N6O8S2/c1-31(2)21(29(43)44)37-26(47-31)19(35-23(39)17(33)15-11-7-5-8-12-15)25(41)34-18(16-13-9-6-10-14-16)24(40)36-20-27(42)38-22(30(45)46)32(3,4)48-28(20)38/h5-14,17-22,26,28,37H,33H2,1-4H3,(H,34,41)(H,35,39)(H,36,40)(H,43,44)(H,45,46)/t17?,18?,19?,20?,21?,22-,26?,28+/m0/s1. The van der Waals surface area contributed by atoms with E-state index in [2.05, 4.69) is 21.3 Å². The smallest absolute Gasteiger partial charge is 0.327 e. The summed E-state index contributed by atoms with van der Waals surface area (Å²) in [6.07, 6.45) is 0. The lowest BCUT2D eigenvalue weighted by Crippen LogP contribution is -2.71. The van der Waals surface area contributed by atoms with Crippen LogP contribution in [0, 0.1) is 0 Å². The molecule has 0 spiro atoms. The van der Waals surface area contributed by atoms with E-state index in [-0.39, 0.29) is 0 Å². The lowest BCUT2D eigenvalue weighted by atomic mass is 9.95. The molecule has 0 aliphatic carbocycles. The number of β-lactam (4-membered cyclic amide) rings is 1. The van der Waals surface area contributed by atoms with Crippen LogP contribution in [0.15, 0.2) is 60.7 Å². The van der Waals surface area contributed by atoms with Crippen molar-refractivity contribution in [1.29, 1.82) is 0 Å². The Morgan fingerprint density at radius 2 is 1.40 bits per heavy atom. The van der Waals surface area contributed by atoms with Gasteiger partial charge in [-0.3, -0.25) is 29.3 Å². The summed E-state index contributed by atoms with van der Waals surface area (Å²) in [5.74, 6) is -5.06. The van der Waals surface area contributed by atoms with Gasteiger partial charge in [0.15, 0.2) is 0 Å². The SMILES string of the molecule is CC1(C)SC(C(NC(=O)C(N)c2ccccc2)C(=O)NC(C(=O)NC2C(=O)N3[C@@H]2SC(C)(C)[C@@H]3C(=O)O)c2ccccc2)NC1C(=O)O. The van der Waals surface area contributed by atoms with E-state index in [1.807, 2.05) is 0 Å². The van der Waals surface area contributed by atoms with Gasteiger partial charge in [0.25, 0.3) is 0 Å². The quantitative estimate of drug-likeness (QED) is 0.160. The van der Waals surface area contributed by atoms with Crippen LogP contribution in [-0.4, -0.2) is 95.1 Å². The number of fused-ring (bicyclic) bond motifs is 1. The Balaban J connectivity index is 1.40. The monoisotopic (exact) mass is 698 g/mol. The lowest BCUT2D eigenvalue weighted by molar-refractivity contribution is -0.161. The second-order valence-corrected chi connectivity index (χ2v) is 16.5. The van der Waals surface area contributed by atoms with E-state index < -0.39 is 92.1 Å². The number of carbonyl (C=O) groups excluding carboxylic acids is 4. The molecule has 48 heavy (non-hydrogen) atoms. The highest BCUT2D eigenvalue weighted by Crippen LogP contribution is 2.51. The molecule has 0 aromatic heterocycles. The largest absolute Gasteiger partial charge is 0.480 e. The number of nitrogens with one attached hydrogen (secondary N) is 4. The normalized spacial score (nSPS) is 27.1. The molecule has 3 fully saturated rings. The van der Waals surface area contributed by atoms with Crippen molar-refractivity contribution in [1.82, 2.24) is 26.2 Å². The minimum absolute atomic E-state index is 0.372. The molecule has 0 bridgehead atoms. The number of rotatable bonds is 11. The average Bonchev–Trinajstić information content (AvgIpc) is 3.50. The van der Waals surface area contributed by atoms with Gasteiger partial charge < -0.3 is 36.8 Å². The van der Waals surface area contributed by atoms with Crippen molar-refractivity contribution in [3.63, 3.8) is 0 Å². The molecular weight excluding hydrogens is 661 g/mol. The van der Waals surface area contributed by atoms with Gasteiger partial charge >= 0.3 is 11.9 Å². The van der Waals surface area contributed by atoms with Crippen molar-refractivity contribution in [3.8, 4) is 0 Å².